The number of nitrogens with zero attached hydrogens (tertiary/aromatic N) is 1. The molecule has 1 amide bonds. The maximum Gasteiger partial charge on any atom is 0.335 e. The van der Waals surface area contributed by atoms with Crippen LogP contribution in [0.2, 0.25) is 0 Å². The minimum absolute atomic E-state index is 0.0606. The highest BCUT2D eigenvalue weighted by molar-refractivity contribution is 7.89. The molecule has 1 saturated heterocycles. The van der Waals surface area contributed by atoms with Crippen LogP contribution in [0.5, 0.6) is 0 Å². The zero-order valence-electron chi connectivity index (χ0n) is 11.7. The van der Waals surface area contributed by atoms with Crippen LogP contribution in [0.3, 0.4) is 0 Å². The van der Waals surface area contributed by atoms with Crippen molar-refractivity contribution in [3.8, 4) is 0 Å². The lowest BCUT2D eigenvalue weighted by molar-refractivity contribution is -0.122. The van der Waals surface area contributed by atoms with Crippen molar-refractivity contribution in [3.63, 3.8) is 0 Å². The van der Waals surface area contributed by atoms with Crippen LogP contribution in [0.25, 0.3) is 0 Å². The van der Waals surface area contributed by atoms with E-state index in [9.17, 15) is 18.0 Å². The number of carboxylic acid groups (broad SMARTS) is 1. The average Bonchev–Trinajstić information content (AvgIpc) is 2.41. The second-order valence-electron chi connectivity index (χ2n) is 4.91. The summed E-state index contributed by atoms with van der Waals surface area (Å²) in [4.78, 5) is 22.4. The largest absolute Gasteiger partial charge is 0.478 e. The maximum atomic E-state index is 12.6. The predicted molar refractivity (Wildman–Crippen MR) is 74.6 cm³/mol. The molecular formula is C13H16N2O5S. The fourth-order valence-electron chi connectivity index (χ4n) is 2.18. The van der Waals surface area contributed by atoms with Crippen molar-refractivity contribution in [1.29, 1.82) is 0 Å². The number of hydrogen-bond acceptors (Lipinski definition) is 4. The van der Waals surface area contributed by atoms with Gasteiger partial charge in [0.25, 0.3) is 0 Å². The first-order valence-corrected chi connectivity index (χ1v) is 7.79. The van der Waals surface area contributed by atoms with Gasteiger partial charge < -0.3 is 10.4 Å². The molecule has 0 bridgehead atoms. The van der Waals surface area contributed by atoms with Gasteiger partial charge in [0.15, 0.2) is 0 Å². The molecule has 0 aromatic heterocycles. The van der Waals surface area contributed by atoms with Crippen molar-refractivity contribution in [2.45, 2.75) is 18.7 Å². The van der Waals surface area contributed by atoms with E-state index in [1.165, 1.54) is 6.07 Å². The highest BCUT2D eigenvalue weighted by atomic mass is 32.2. The highest BCUT2D eigenvalue weighted by Crippen LogP contribution is 2.24. The molecule has 1 aliphatic rings. The number of piperazine rings is 1. The third kappa shape index (κ3) is 2.91. The van der Waals surface area contributed by atoms with Gasteiger partial charge in [0.2, 0.25) is 15.9 Å². The van der Waals surface area contributed by atoms with Gasteiger partial charge in [-0.25, -0.2) is 13.2 Å². The Labute approximate surface area is 122 Å². The number of carbonyl (C=O) groups excluding carboxylic acids is 1. The molecule has 2 N–H and O–H groups in total. The van der Waals surface area contributed by atoms with Crippen LogP contribution in [-0.2, 0) is 14.8 Å². The summed E-state index contributed by atoms with van der Waals surface area (Å²) in [6.45, 7) is 3.44. The lowest BCUT2D eigenvalue weighted by Gasteiger charge is -2.27. The Balaban J connectivity index is 2.53. The molecule has 1 aromatic carbocycles. The summed E-state index contributed by atoms with van der Waals surface area (Å²) >= 11 is 0. The molecule has 1 aliphatic heterocycles. The number of carboxylic acids is 1. The Morgan fingerprint density at radius 2 is 2.00 bits per heavy atom. The van der Waals surface area contributed by atoms with Gasteiger partial charge in [0.1, 0.15) is 0 Å². The van der Waals surface area contributed by atoms with Crippen LogP contribution in [-0.4, -0.2) is 49.3 Å². The lowest BCUT2D eigenvalue weighted by atomic mass is 10.1. The van der Waals surface area contributed by atoms with E-state index < -0.39 is 16.0 Å². The molecule has 7 nitrogen and oxygen atoms in total. The van der Waals surface area contributed by atoms with Crippen LogP contribution in [0.4, 0.5) is 0 Å². The molecule has 2 rings (SSSR count). The summed E-state index contributed by atoms with van der Waals surface area (Å²) in [7, 11) is -3.89. The molecular weight excluding hydrogens is 296 g/mol. The Bertz CT molecular complexity index is 712. The second kappa shape index (κ2) is 5.45. The van der Waals surface area contributed by atoms with Crippen molar-refractivity contribution < 1.29 is 23.1 Å². The SMILES string of the molecule is Cc1cc(C(=O)O)cc(S(=O)(=O)N2CCNC(=O)C2)c1C. The smallest absolute Gasteiger partial charge is 0.335 e. The van der Waals surface area contributed by atoms with E-state index in [0.717, 1.165) is 10.4 Å². The standard InChI is InChI=1S/C13H16N2O5S/c1-8-5-10(13(17)18)6-11(9(8)2)21(19,20)15-4-3-14-12(16)7-15/h5-6H,3-4,7H2,1-2H3,(H,14,16)(H,17,18). The molecule has 0 aliphatic carbocycles. The summed E-state index contributed by atoms with van der Waals surface area (Å²) < 4.78 is 26.3. The summed E-state index contributed by atoms with van der Waals surface area (Å²) in [6.07, 6.45) is 0. The molecule has 1 aromatic rings. The lowest BCUT2D eigenvalue weighted by Crippen LogP contribution is -2.49. The van der Waals surface area contributed by atoms with Crippen molar-refractivity contribution in [3.05, 3.63) is 28.8 Å². The zero-order valence-corrected chi connectivity index (χ0v) is 12.5. The third-order valence-electron chi connectivity index (χ3n) is 3.49. The molecule has 0 saturated carbocycles. The molecule has 0 atom stereocenters. The summed E-state index contributed by atoms with van der Waals surface area (Å²) in [5.74, 6) is -1.56. The van der Waals surface area contributed by atoms with Gasteiger partial charge in [-0.2, -0.15) is 4.31 Å². The molecule has 114 valence electrons. The molecule has 0 radical (unpaired) electrons. The van der Waals surface area contributed by atoms with Gasteiger partial charge in [-0.15, -0.1) is 0 Å². The maximum absolute atomic E-state index is 12.6. The highest BCUT2D eigenvalue weighted by Gasteiger charge is 2.31. The van der Waals surface area contributed by atoms with Crippen molar-refractivity contribution in [2.75, 3.05) is 19.6 Å². The van der Waals surface area contributed by atoms with Crippen LogP contribution in [0.1, 0.15) is 21.5 Å². The minimum Gasteiger partial charge on any atom is -0.478 e. The number of sulfonamides is 1. The van der Waals surface area contributed by atoms with E-state index in [4.69, 9.17) is 5.11 Å². The van der Waals surface area contributed by atoms with Crippen molar-refractivity contribution >= 4 is 21.9 Å². The van der Waals surface area contributed by atoms with Gasteiger partial charge in [0.05, 0.1) is 17.0 Å². The first-order valence-electron chi connectivity index (χ1n) is 6.35. The minimum atomic E-state index is -3.89. The summed E-state index contributed by atoms with van der Waals surface area (Å²) in [5, 5.41) is 11.6. The monoisotopic (exact) mass is 312 g/mol. The fraction of sp³-hybridized carbons (Fsp3) is 0.385. The van der Waals surface area contributed by atoms with E-state index >= 15 is 0 Å². The normalized spacial score (nSPS) is 16.6. The van der Waals surface area contributed by atoms with Crippen LogP contribution < -0.4 is 5.32 Å². The molecule has 0 unspecified atom stereocenters. The summed E-state index contributed by atoms with van der Waals surface area (Å²) in [6, 6.07) is 2.58. The number of nitrogens with one attached hydrogen (secondary N) is 1. The topological polar surface area (TPSA) is 104 Å². The number of hydrogen-bond donors (Lipinski definition) is 2. The molecule has 0 spiro atoms. The Morgan fingerprint density at radius 3 is 2.57 bits per heavy atom. The zero-order chi connectivity index (χ0) is 15.8. The van der Waals surface area contributed by atoms with Gasteiger partial charge in [-0.1, -0.05) is 0 Å². The predicted octanol–water partition coefficient (Wildman–Crippen LogP) is 0.122. The van der Waals surface area contributed by atoms with Gasteiger partial charge in [0, 0.05) is 13.1 Å². The summed E-state index contributed by atoms with van der Waals surface area (Å²) in [5.41, 5.74) is 0.985. The third-order valence-corrected chi connectivity index (χ3v) is 5.46. The van der Waals surface area contributed by atoms with Crippen molar-refractivity contribution in [1.82, 2.24) is 9.62 Å². The number of rotatable bonds is 3. The quantitative estimate of drug-likeness (QED) is 0.825. The second-order valence-corrected chi connectivity index (χ2v) is 6.82. The number of carbonyl (C=O) groups is 2. The first-order chi connectivity index (χ1) is 9.73. The van der Waals surface area contributed by atoms with E-state index in [0.29, 0.717) is 11.1 Å². The van der Waals surface area contributed by atoms with E-state index in [1.807, 2.05) is 0 Å². The van der Waals surface area contributed by atoms with Gasteiger partial charge in [-0.3, -0.25) is 4.79 Å². The molecule has 8 heteroatoms. The number of amides is 1. The number of aryl methyl sites for hydroxylation is 1. The Morgan fingerprint density at radius 1 is 1.33 bits per heavy atom. The molecule has 21 heavy (non-hydrogen) atoms. The Kier molecular flexibility index (Phi) is 4.02. The number of benzene rings is 1. The van der Waals surface area contributed by atoms with Crippen LogP contribution in [0.15, 0.2) is 17.0 Å². The van der Waals surface area contributed by atoms with E-state index in [1.54, 1.807) is 13.8 Å². The average molecular weight is 312 g/mol. The van der Waals surface area contributed by atoms with E-state index in [-0.39, 0.29) is 36.0 Å². The Hall–Kier alpha value is -1.93. The molecule has 1 fully saturated rings. The van der Waals surface area contributed by atoms with Crippen molar-refractivity contribution in [2.24, 2.45) is 0 Å². The van der Waals surface area contributed by atoms with Gasteiger partial charge >= 0.3 is 5.97 Å². The first kappa shape index (κ1) is 15.5. The van der Waals surface area contributed by atoms with Gasteiger partial charge in [-0.05, 0) is 37.1 Å². The van der Waals surface area contributed by atoms with Crippen LogP contribution >= 0.6 is 0 Å². The number of aromatic carboxylic acids is 1. The van der Waals surface area contributed by atoms with E-state index in [2.05, 4.69) is 5.32 Å². The fourth-order valence-corrected chi connectivity index (χ4v) is 3.90. The van der Waals surface area contributed by atoms with Crippen LogP contribution in [0, 0.1) is 13.8 Å². The molecule has 1 heterocycles.